The predicted molar refractivity (Wildman–Crippen MR) is 46.7 cm³/mol. The number of hydrogen-bond donors (Lipinski definition) is 4. The normalized spacial score (nSPS) is 8.43. The molecule has 0 saturated carbocycles. The molecule has 10 heteroatoms. The SMILES string of the molecule is NCCN.NCCN.O=S(=O)([O-])[O-].[Pd+2]. The molecule has 0 unspecified atom stereocenters. The summed E-state index contributed by atoms with van der Waals surface area (Å²) in [5, 5.41) is 0. The Bertz CT molecular complexity index is 149. The molecule has 0 aliphatic heterocycles. The van der Waals surface area contributed by atoms with Gasteiger partial charge in [-0.3, -0.25) is 8.42 Å². The van der Waals surface area contributed by atoms with Crippen molar-refractivity contribution in [2.45, 2.75) is 0 Å². The molecule has 0 bridgehead atoms. The van der Waals surface area contributed by atoms with Gasteiger partial charge in [-0.05, 0) is 0 Å². The Kier molecular flexibility index (Phi) is 32.5. The Morgan fingerprint density at radius 3 is 0.857 bits per heavy atom. The van der Waals surface area contributed by atoms with Crippen LogP contribution in [0.3, 0.4) is 0 Å². The Hall–Kier alpha value is 0.372. The second-order valence-electron chi connectivity index (χ2n) is 1.56. The Balaban J connectivity index is -0.0000000522. The molecule has 92 valence electrons. The van der Waals surface area contributed by atoms with Crippen LogP contribution in [-0.2, 0) is 30.8 Å². The fourth-order valence-corrected chi connectivity index (χ4v) is 0. The summed E-state index contributed by atoms with van der Waals surface area (Å²) in [4.78, 5) is 0. The van der Waals surface area contributed by atoms with Crippen LogP contribution in [0.25, 0.3) is 0 Å². The molecule has 0 aromatic rings. The Morgan fingerprint density at radius 2 is 0.857 bits per heavy atom. The van der Waals surface area contributed by atoms with Crippen molar-refractivity contribution < 1.29 is 37.9 Å². The third kappa shape index (κ3) is 284. The molecule has 0 amide bonds. The quantitative estimate of drug-likeness (QED) is 0.229. The van der Waals surface area contributed by atoms with E-state index in [4.69, 9.17) is 40.5 Å². The van der Waals surface area contributed by atoms with Crippen molar-refractivity contribution in [1.82, 2.24) is 0 Å². The average Bonchev–Trinajstić information content (AvgIpc) is 2.01. The Labute approximate surface area is 97.6 Å². The van der Waals surface area contributed by atoms with E-state index in [0.717, 1.165) is 0 Å². The molecule has 0 aromatic carbocycles. The zero-order chi connectivity index (χ0) is 11.3. The maximum atomic E-state index is 8.52. The van der Waals surface area contributed by atoms with Crippen molar-refractivity contribution in [2.75, 3.05) is 26.2 Å². The van der Waals surface area contributed by atoms with Crippen LogP contribution in [-0.4, -0.2) is 43.7 Å². The molecule has 0 aliphatic carbocycles. The van der Waals surface area contributed by atoms with Gasteiger partial charge in [-0.1, -0.05) is 0 Å². The molecular formula is C4H16N4O4PdS. The van der Waals surface area contributed by atoms with Gasteiger partial charge in [-0.25, -0.2) is 0 Å². The van der Waals surface area contributed by atoms with E-state index in [-0.39, 0.29) is 20.4 Å². The Morgan fingerprint density at radius 1 is 0.786 bits per heavy atom. The minimum absolute atomic E-state index is 0. The largest absolute Gasteiger partial charge is 2.00 e. The van der Waals surface area contributed by atoms with Crippen LogP contribution in [0.4, 0.5) is 0 Å². The minimum atomic E-state index is -5.17. The molecule has 0 spiro atoms. The van der Waals surface area contributed by atoms with Crippen LogP contribution in [0.1, 0.15) is 0 Å². The van der Waals surface area contributed by atoms with Crippen molar-refractivity contribution in [2.24, 2.45) is 22.9 Å². The number of hydrogen-bond acceptors (Lipinski definition) is 8. The van der Waals surface area contributed by atoms with Crippen LogP contribution in [0.15, 0.2) is 0 Å². The van der Waals surface area contributed by atoms with Gasteiger partial charge in [0.25, 0.3) is 0 Å². The van der Waals surface area contributed by atoms with Crippen LogP contribution in [0, 0.1) is 0 Å². The monoisotopic (exact) mass is 322 g/mol. The fraction of sp³-hybridized carbons (Fsp3) is 1.00. The van der Waals surface area contributed by atoms with E-state index in [2.05, 4.69) is 0 Å². The van der Waals surface area contributed by atoms with Gasteiger partial charge in [-0.15, -0.1) is 0 Å². The molecule has 8 N–H and O–H groups in total. The molecule has 0 fully saturated rings. The molecule has 0 rings (SSSR count). The minimum Gasteiger partial charge on any atom is -0.759 e. The summed E-state index contributed by atoms with van der Waals surface area (Å²) in [7, 11) is -5.17. The zero-order valence-electron chi connectivity index (χ0n) is 7.50. The molecule has 0 aromatic heterocycles. The van der Waals surface area contributed by atoms with E-state index in [1.54, 1.807) is 0 Å². The van der Waals surface area contributed by atoms with E-state index in [1.165, 1.54) is 0 Å². The van der Waals surface area contributed by atoms with Crippen molar-refractivity contribution in [3.05, 3.63) is 0 Å². The summed E-state index contributed by atoms with van der Waals surface area (Å²) < 4.78 is 34.1. The maximum absolute atomic E-state index is 8.52. The van der Waals surface area contributed by atoms with E-state index >= 15 is 0 Å². The number of rotatable bonds is 2. The van der Waals surface area contributed by atoms with Gasteiger partial charge in [-0.2, -0.15) is 0 Å². The third-order valence-corrected chi connectivity index (χ3v) is 0.333. The van der Waals surface area contributed by atoms with E-state index in [9.17, 15) is 0 Å². The van der Waals surface area contributed by atoms with Gasteiger partial charge in [0.2, 0.25) is 0 Å². The van der Waals surface area contributed by atoms with Crippen molar-refractivity contribution in [3.8, 4) is 0 Å². The average molecular weight is 323 g/mol. The molecule has 0 heterocycles. The molecule has 0 radical (unpaired) electrons. The van der Waals surface area contributed by atoms with Gasteiger partial charge >= 0.3 is 20.4 Å². The van der Waals surface area contributed by atoms with Crippen LogP contribution in [0.2, 0.25) is 0 Å². The topological polar surface area (TPSA) is 184 Å². The van der Waals surface area contributed by atoms with Gasteiger partial charge < -0.3 is 32.0 Å². The molecular weight excluding hydrogens is 307 g/mol. The van der Waals surface area contributed by atoms with E-state index < -0.39 is 10.4 Å². The van der Waals surface area contributed by atoms with E-state index in [1.807, 2.05) is 0 Å². The molecule has 14 heavy (non-hydrogen) atoms. The fourth-order valence-electron chi connectivity index (χ4n) is 0. The molecule has 8 nitrogen and oxygen atoms in total. The second kappa shape index (κ2) is 19.0. The van der Waals surface area contributed by atoms with Crippen molar-refractivity contribution in [3.63, 3.8) is 0 Å². The van der Waals surface area contributed by atoms with Gasteiger partial charge in [0.1, 0.15) is 0 Å². The van der Waals surface area contributed by atoms with Crippen LogP contribution < -0.4 is 22.9 Å². The smallest absolute Gasteiger partial charge is 0.759 e. The van der Waals surface area contributed by atoms with Gasteiger partial charge in [0, 0.05) is 36.6 Å². The summed E-state index contributed by atoms with van der Waals surface area (Å²) in [6.07, 6.45) is 0. The second-order valence-corrected chi connectivity index (χ2v) is 2.38. The predicted octanol–water partition coefficient (Wildman–Crippen LogP) is -3.53. The summed E-state index contributed by atoms with van der Waals surface area (Å²) in [5.74, 6) is 0. The molecule has 0 saturated heterocycles. The van der Waals surface area contributed by atoms with Crippen molar-refractivity contribution in [1.29, 1.82) is 0 Å². The standard InChI is InChI=1S/2C2H8N2.H2O4S.Pd/c2*3-1-2-4;1-5(2,3)4;/h2*1-4H2;(H2,1,2,3,4);/q;;;+2/p-2. The van der Waals surface area contributed by atoms with Crippen molar-refractivity contribution >= 4 is 10.4 Å². The summed E-state index contributed by atoms with van der Waals surface area (Å²) in [6.45, 7) is 2.39. The first-order valence-corrected chi connectivity index (χ1v) is 4.63. The first kappa shape index (κ1) is 23.9. The first-order chi connectivity index (χ1) is 5.83. The summed E-state index contributed by atoms with van der Waals surface area (Å²) in [5.41, 5.74) is 19.6. The van der Waals surface area contributed by atoms with E-state index in [0.29, 0.717) is 26.2 Å². The van der Waals surface area contributed by atoms with Crippen LogP contribution >= 0.6 is 0 Å². The van der Waals surface area contributed by atoms with Gasteiger partial charge in [0.15, 0.2) is 0 Å². The summed E-state index contributed by atoms with van der Waals surface area (Å²) >= 11 is 0. The molecule has 0 atom stereocenters. The third-order valence-electron chi connectivity index (χ3n) is 0.333. The van der Waals surface area contributed by atoms with Crippen LogP contribution in [0.5, 0.6) is 0 Å². The molecule has 0 aliphatic rings. The van der Waals surface area contributed by atoms with Gasteiger partial charge in [0.05, 0.1) is 0 Å². The number of nitrogens with two attached hydrogens (primary N) is 4. The summed E-state index contributed by atoms with van der Waals surface area (Å²) in [6, 6.07) is 0. The zero-order valence-corrected chi connectivity index (χ0v) is 9.87. The first-order valence-electron chi connectivity index (χ1n) is 3.30. The maximum Gasteiger partial charge on any atom is 2.00 e.